The summed E-state index contributed by atoms with van der Waals surface area (Å²) >= 11 is 0. The summed E-state index contributed by atoms with van der Waals surface area (Å²) in [6.45, 7) is 8.03. The average molecular weight is 398 g/mol. The number of nitrogens with one attached hydrogen (secondary N) is 1. The number of rotatable bonds is 4. The van der Waals surface area contributed by atoms with Gasteiger partial charge >= 0.3 is 0 Å². The number of aromatic nitrogens is 3. The first kappa shape index (κ1) is 19.5. The Kier molecular flexibility index (Phi) is 4.63. The summed E-state index contributed by atoms with van der Waals surface area (Å²) < 4.78 is 28.7. The van der Waals surface area contributed by atoms with Crippen molar-refractivity contribution in [1.29, 1.82) is 0 Å². The molecule has 1 N–H and O–H groups in total. The van der Waals surface area contributed by atoms with Crippen molar-refractivity contribution < 1.29 is 13.6 Å². The highest BCUT2D eigenvalue weighted by molar-refractivity contribution is 6.06. The Labute approximate surface area is 168 Å². The number of aryl methyl sites for hydroxylation is 1. The predicted octanol–water partition coefficient (Wildman–Crippen LogP) is 4.58. The highest BCUT2D eigenvalue weighted by Crippen LogP contribution is 2.41. The molecule has 0 atom stereocenters. The fraction of sp³-hybridized carbons (Fsp3) is 0.409. The maximum Gasteiger partial charge on any atom is 0.252 e. The molecule has 1 fully saturated rings. The number of hydrogen-bond acceptors (Lipinski definition) is 3. The summed E-state index contributed by atoms with van der Waals surface area (Å²) in [5.74, 6) is -1.27. The highest BCUT2D eigenvalue weighted by atomic mass is 19.1. The molecule has 0 bridgehead atoms. The van der Waals surface area contributed by atoms with Gasteiger partial charge in [-0.1, -0.05) is 0 Å². The van der Waals surface area contributed by atoms with Crippen molar-refractivity contribution >= 4 is 16.9 Å². The number of halogens is 2. The van der Waals surface area contributed by atoms with Gasteiger partial charge in [-0.25, -0.2) is 18.4 Å². The van der Waals surface area contributed by atoms with Crippen LogP contribution >= 0.6 is 0 Å². The molecule has 0 unspecified atom stereocenters. The summed E-state index contributed by atoms with van der Waals surface area (Å²) in [5.41, 5.74) is 2.90. The number of carbonyl (C=O) groups excluding carboxylic acids is 1. The lowest BCUT2D eigenvalue weighted by Gasteiger charge is -2.20. The van der Waals surface area contributed by atoms with Gasteiger partial charge in [0.05, 0.1) is 22.2 Å². The molecule has 29 heavy (non-hydrogen) atoms. The lowest BCUT2D eigenvalue weighted by atomic mass is 10.1. The van der Waals surface area contributed by atoms with E-state index in [0.29, 0.717) is 28.1 Å². The number of nitrogens with zero attached hydrogens (tertiary/aromatic N) is 3. The first-order chi connectivity index (χ1) is 13.6. The molecule has 0 aliphatic heterocycles. The molecule has 1 aromatic carbocycles. The largest absolute Gasteiger partial charge is 0.348 e. The molecule has 0 spiro atoms. The van der Waals surface area contributed by atoms with E-state index in [-0.39, 0.29) is 18.0 Å². The number of pyridine rings is 1. The molecule has 1 aliphatic rings. The van der Waals surface area contributed by atoms with Crippen LogP contribution in [0.15, 0.2) is 24.3 Å². The molecule has 1 amide bonds. The number of fused-ring (bicyclic) bond motifs is 1. The van der Waals surface area contributed by atoms with E-state index < -0.39 is 11.6 Å². The van der Waals surface area contributed by atoms with Crippen LogP contribution < -0.4 is 5.32 Å². The zero-order chi connectivity index (χ0) is 20.9. The molecule has 3 aromatic rings. The van der Waals surface area contributed by atoms with E-state index >= 15 is 0 Å². The van der Waals surface area contributed by atoms with Gasteiger partial charge in [-0.05, 0) is 64.3 Å². The number of hydrogen-bond donors (Lipinski definition) is 1. The van der Waals surface area contributed by atoms with Crippen molar-refractivity contribution in [3.8, 4) is 0 Å². The molecular weight excluding hydrogens is 374 g/mol. The lowest BCUT2D eigenvalue weighted by molar-refractivity contribution is 0.0952. The molecule has 2 heterocycles. The topological polar surface area (TPSA) is 59.8 Å². The third-order valence-electron chi connectivity index (χ3n) is 5.08. The Morgan fingerprint density at radius 2 is 1.83 bits per heavy atom. The van der Waals surface area contributed by atoms with Crippen LogP contribution in [-0.2, 0) is 12.1 Å². The molecule has 5 nitrogen and oxygen atoms in total. The van der Waals surface area contributed by atoms with Gasteiger partial charge in [0, 0.05) is 24.2 Å². The van der Waals surface area contributed by atoms with Gasteiger partial charge in [-0.2, -0.15) is 5.10 Å². The van der Waals surface area contributed by atoms with Gasteiger partial charge < -0.3 is 5.32 Å². The van der Waals surface area contributed by atoms with Crippen molar-refractivity contribution in [2.75, 3.05) is 0 Å². The standard InChI is InChI=1S/C22H24F2N4O/c1-12-19-17(21(29)25-11-13-7-15(23)9-16(24)8-13)10-18(14-5-6-14)26-20(19)28(27-12)22(2,3)4/h7-10,14H,5-6,11H2,1-4H3,(H,25,29). The van der Waals surface area contributed by atoms with Crippen molar-refractivity contribution in [3.63, 3.8) is 0 Å². The fourth-order valence-electron chi connectivity index (χ4n) is 3.53. The molecule has 0 radical (unpaired) electrons. The van der Waals surface area contributed by atoms with Gasteiger partial charge in [-0.15, -0.1) is 0 Å². The second-order valence-corrected chi connectivity index (χ2v) is 8.70. The van der Waals surface area contributed by atoms with Crippen molar-refractivity contribution in [3.05, 3.63) is 58.4 Å². The van der Waals surface area contributed by atoms with Crippen LogP contribution in [0.25, 0.3) is 11.0 Å². The lowest BCUT2D eigenvalue weighted by Crippen LogP contribution is -2.25. The van der Waals surface area contributed by atoms with Crippen LogP contribution in [0.1, 0.15) is 66.8 Å². The maximum atomic E-state index is 13.4. The van der Waals surface area contributed by atoms with E-state index in [0.717, 1.165) is 30.3 Å². The van der Waals surface area contributed by atoms with Crippen LogP contribution in [0.5, 0.6) is 0 Å². The van der Waals surface area contributed by atoms with Crippen LogP contribution in [-0.4, -0.2) is 20.7 Å². The zero-order valence-corrected chi connectivity index (χ0v) is 17.0. The molecule has 2 aromatic heterocycles. The number of benzene rings is 1. The van der Waals surface area contributed by atoms with E-state index in [2.05, 4.69) is 10.4 Å². The monoisotopic (exact) mass is 398 g/mol. The quantitative estimate of drug-likeness (QED) is 0.700. The van der Waals surface area contributed by atoms with E-state index in [1.54, 1.807) is 0 Å². The molecule has 1 saturated carbocycles. The Morgan fingerprint density at radius 3 is 2.41 bits per heavy atom. The summed E-state index contributed by atoms with van der Waals surface area (Å²) in [7, 11) is 0. The Morgan fingerprint density at radius 1 is 1.17 bits per heavy atom. The minimum atomic E-state index is -0.668. The summed E-state index contributed by atoms with van der Waals surface area (Å²) in [4.78, 5) is 17.9. The van der Waals surface area contributed by atoms with Gasteiger partial charge in [0.25, 0.3) is 5.91 Å². The highest BCUT2D eigenvalue weighted by Gasteiger charge is 2.30. The molecule has 7 heteroatoms. The number of carbonyl (C=O) groups is 1. The van der Waals surface area contributed by atoms with Gasteiger partial charge in [-0.3, -0.25) is 4.79 Å². The average Bonchev–Trinajstić information content (AvgIpc) is 3.41. The summed E-state index contributed by atoms with van der Waals surface area (Å²) in [6.07, 6.45) is 2.12. The van der Waals surface area contributed by atoms with Crippen molar-refractivity contribution in [2.45, 2.75) is 58.5 Å². The number of amides is 1. The van der Waals surface area contributed by atoms with Crippen molar-refractivity contribution in [1.82, 2.24) is 20.1 Å². The first-order valence-electron chi connectivity index (χ1n) is 9.77. The van der Waals surface area contributed by atoms with E-state index in [1.165, 1.54) is 12.1 Å². The Balaban J connectivity index is 1.73. The van der Waals surface area contributed by atoms with Gasteiger partial charge in [0.1, 0.15) is 11.6 Å². The zero-order valence-electron chi connectivity index (χ0n) is 17.0. The molecule has 4 rings (SSSR count). The predicted molar refractivity (Wildman–Crippen MR) is 107 cm³/mol. The van der Waals surface area contributed by atoms with E-state index in [9.17, 15) is 13.6 Å². The smallest absolute Gasteiger partial charge is 0.252 e. The third-order valence-corrected chi connectivity index (χ3v) is 5.08. The summed E-state index contributed by atoms with van der Waals surface area (Å²) in [5, 5.41) is 8.14. The Hall–Kier alpha value is -2.83. The van der Waals surface area contributed by atoms with Crippen LogP contribution in [0.4, 0.5) is 8.78 Å². The van der Waals surface area contributed by atoms with Crippen LogP contribution in [0, 0.1) is 18.6 Å². The molecular formula is C22H24F2N4O. The minimum Gasteiger partial charge on any atom is -0.348 e. The van der Waals surface area contributed by atoms with Gasteiger partial charge in [0.2, 0.25) is 0 Å². The third kappa shape index (κ3) is 3.86. The van der Waals surface area contributed by atoms with Gasteiger partial charge in [0.15, 0.2) is 5.65 Å². The maximum absolute atomic E-state index is 13.4. The molecule has 1 aliphatic carbocycles. The van der Waals surface area contributed by atoms with Crippen LogP contribution in [0.2, 0.25) is 0 Å². The molecule has 0 saturated heterocycles. The van der Waals surface area contributed by atoms with E-state index in [4.69, 9.17) is 4.98 Å². The second-order valence-electron chi connectivity index (χ2n) is 8.70. The Bertz CT molecular complexity index is 1090. The van der Waals surface area contributed by atoms with Crippen LogP contribution in [0.3, 0.4) is 0 Å². The summed E-state index contributed by atoms with van der Waals surface area (Å²) in [6, 6.07) is 5.07. The first-order valence-corrected chi connectivity index (χ1v) is 9.77. The SMILES string of the molecule is Cc1nn(C(C)(C)C)c2nc(C3CC3)cc(C(=O)NCc3cc(F)cc(F)c3)c12. The minimum absolute atomic E-state index is 0.0303. The van der Waals surface area contributed by atoms with E-state index in [1.807, 2.05) is 38.4 Å². The second kappa shape index (κ2) is 6.90. The normalized spacial score (nSPS) is 14.4. The molecule has 152 valence electrons. The van der Waals surface area contributed by atoms with Crippen molar-refractivity contribution in [2.24, 2.45) is 0 Å². The fourth-order valence-corrected chi connectivity index (χ4v) is 3.53.